The van der Waals surface area contributed by atoms with Gasteiger partial charge >= 0.3 is 0 Å². The Bertz CT molecular complexity index is 288. The lowest BCUT2D eigenvalue weighted by Crippen LogP contribution is -2.06. The van der Waals surface area contributed by atoms with E-state index in [9.17, 15) is 0 Å². The number of nitrogens with zero attached hydrogens (tertiary/aromatic N) is 2. The second kappa shape index (κ2) is 2.25. The van der Waals surface area contributed by atoms with Crippen LogP contribution in [0.3, 0.4) is 0 Å². The number of aromatic nitrogens is 2. The summed E-state index contributed by atoms with van der Waals surface area (Å²) in [5.41, 5.74) is 6.18. The Labute approximate surface area is 72.6 Å². The molecule has 0 aromatic carbocycles. The Hall–Kier alpha value is -0.990. The van der Waals surface area contributed by atoms with Crippen molar-refractivity contribution in [3.63, 3.8) is 0 Å². The largest absolute Gasteiger partial charge is 0.369 e. The number of imidazole rings is 1. The van der Waals surface area contributed by atoms with E-state index in [4.69, 9.17) is 5.73 Å². The van der Waals surface area contributed by atoms with E-state index in [0.29, 0.717) is 11.4 Å². The molecule has 0 amide bonds. The van der Waals surface area contributed by atoms with E-state index < -0.39 is 0 Å². The van der Waals surface area contributed by atoms with E-state index in [0.717, 1.165) is 12.5 Å². The molecular formula is C9H15N3. The standard InChI is InChI=1S/C9H15N3/c1-9(2)5-7(9)6-12-4-3-11-8(12)10/h3-4,7H,5-6H2,1-2H3,(H2,10,11). The smallest absolute Gasteiger partial charge is 0.200 e. The first kappa shape index (κ1) is 7.65. The highest BCUT2D eigenvalue weighted by Gasteiger charge is 2.45. The Balaban J connectivity index is 2.02. The first-order chi connectivity index (χ1) is 5.59. The van der Waals surface area contributed by atoms with E-state index in [1.165, 1.54) is 6.42 Å². The van der Waals surface area contributed by atoms with Gasteiger partial charge in [0.1, 0.15) is 0 Å². The predicted molar refractivity (Wildman–Crippen MR) is 48.5 cm³/mol. The molecule has 0 saturated heterocycles. The molecule has 1 fully saturated rings. The molecule has 1 atom stereocenters. The lowest BCUT2D eigenvalue weighted by molar-refractivity contribution is 0.501. The lowest BCUT2D eigenvalue weighted by Gasteiger charge is -2.05. The molecule has 3 heteroatoms. The van der Waals surface area contributed by atoms with Gasteiger partial charge in [-0.05, 0) is 17.8 Å². The van der Waals surface area contributed by atoms with Crippen molar-refractivity contribution in [2.24, 2.45) is 11.3 Å². The molecule has 66 valence electrons. The van der Waals surface area contributed by atoms with Crippen LogP contribution in [0.25, 0.3) is 0 Å². The van der Waals surface area contributed by atoms with Crippen molar-refractivity contribution in [2.75, 3.05) is 5.73 Å². The summed E-state index contributed by atoms with van der Waals surface area (Å²) in [7, 11) is 0. The fraction of sp³-hybridized carbons (Fsp3) is 0.667. The summed E-state index contributed by atoms with van der Waals surface area (Å²) in [6.45, 7) is 5.62. The molecule has 1 aromatic heterocycles. The van der Waals surface area contributed by atoms with Crippen LogP contribution in [-0.2, 0) is 6.54 Å². The van der Waals surface area contributed by atoms with Crippen LogP contribution in [0.4, 0.5) is 5.95 Å². The van der Waals surface area contributed by atoms with Crippen LogP contribution >= 0.6 is 0 Å². The van der Waals surface area contributed by atoms with Crippen molar-refractivity contribution >= 4 is 5.95 Å². The summed E-state index contributed by atoms with van der Waals surface area (Å²) >= 11 is 0. The molecular weight excluding hydrogens is 150 g/mol. The normalized spacial score (nSPS) is 25.7. The van der Waals surface area contributed by atoms with E-state index in [1.807, 2.05) is 10.8 Å². The minimum atomic E-state index is 0.525. The van der Waals surface area contributed by atoms with Gasteiger partial charge in [0.2, 0.25) is 0 Å². The van der Waals surface area contributed by atoms with Gasteiger partial charge in [0.15, 0.2) is 5.95 Å². The van der Waals surface area contributed by atoms with Gasteiger partial charge < -0.3 is 10.3 Å². The zero-order valence-electron chi connectivity index (χ0n) is 7.62. The molecule has 1 aliphatic carbocycles. The van der Waals surface area contributed by atoms with Crippen LogP contribution in [0.1, 0.15) is 20.3 Å². The molecule has 0 spiro atoms. The lowest BCUT2D eigenvalue weighted by atomic mass is 10.1. The van der Waals surface area contributed by atoms with Crippen LogP contribution in [0, 0.1) is 11.3 Å². The Morgan fingerprint density at radius 2 is 2.42 bits per heavy atom. The molecule has 2 rings (SSSR count). The highest BCUT2D eigenvalue weighted by molar-refractivity contribution is 5.17. The van der Waals surface area contributed by atoms with Crippen LogP contribution in [-0.4, -0.2) is 9.55 Å². The summed E-state index contributed by atoms with van der Waals surface area (Å²) in [5, 5.41) is 0. The monoisotopic (exact) mass is 165 g/mol. The molecule has 1 heterocycles. The second-order valence-corrected chi connectivity index (χ2v) is 4.33. The molecule has 1 aliphatic rings. The first-order valence-electron chi connectivity index (χ1n) is 4.36. The zero-order chi connectivity index (χ0) is 8.77. The van der Waals surface area contributed by atoms with Crippen molar-refractivity contribution in [1.82, 2.24) is 9.55 Å². The highest BCUT2D eigenvalue weighted by Crippen LogP contribution is 2.52. The van der Waals surface area contributed by atoms with Gasteiger partial charge in [-0.3, -0.25) is 0 Å². The fourth-order valence-corrected chi connectivity index (χ4v) is 1.62. The average molecular weight is 165 g/mol. The van der Waals surface area contributed by atoms with E-state index >= 15 is 0 Å². The molecule has 3 nitrogen and oxygen atoms in total. The third-order valence-electron chi connectivity index (χ3n) is 2.88. The SMILES string of the molecule is CC1(C)CC1Cn1ccnc1N. The van der Waals surface area contributed by atoms with Crippen molar-refractivity contribution in [3.05, 3.63) is 12.4 Å². The molecule has 0 aliphatic heterocycles. The number of rotatable bonds is 2. The summed E-state index contributed by atoms with van der Waals surface area (Å²) < 4.78 is 2.03. The maximum Gasteiger partial charge on any atom is 0.200 e. The first-order valence-corrected chi connectivity index (χ1v) is 4.36. The molecule has 2 N–H and O–H groups in total. The van der Waals surface area contributed by atoms with Gasteiger partial charge in [0, 0.05) is 18.9 Å². The molecule has 1 saturated carbocycles. The van der Waals surface area contributed by atoms with E-state index in [-0.39, 0.29) is 0 Å². The molecule has 0 radical (unpaired) electrons. The van der Waals surface area contributed by atoms with E-state index in [2.05, 4.69) is 18.8 Å². The third-order valence-corrected chi connectivity index (χ3v) is 2.88. The van der Waals surface area contributed by atoms with Gasteiger partial charge in [-0.2, -0.15) is 0 Å². The van der Waals surface area contributed by atoms with Gasteiger partial charge in [-0.15, -0.1) is 0 Å². The number of anilines is 1. The summed E-state index contributed by atoms with van der Waals surface area (Å²) in [5.74, 6) is 1.42. The van der Waals surface area contributed by atoms with Crippen molar-refractivity contribution in [3.8, 4) is 0 Å². The quantitative estimate of drug-likeness (QED) is 0.722. The third kappa shape index (κ3) is 1.19. The molecule has 1 aromatic rings. The summed E-state index contributed by atoms with van der Waals surface area (Å²) in [6.07, 6.45) is 5.01. The summed E-state index contributed by atoms with van der Waals surface area (Å²) in [6, 6.07) is 0. The van der Waals surface area contributed by atoms with Gasteiger partial charge in [-0.1, -0.05) is 13.8 Å². The van der Waals surface area contributed by atoms with Crippen LogP contribution in [0.5, 0.6) is 0 Å². The van der Waals surface area contributed by atoms with Gasteiger partial charge in [-0.25, -0.2) is 4.98 Å². The number of hydrogen-bond donors (Lipinski definition) is 1. The van der Waals surface area contributed by atoms with Crippen LogP contribution in [0.2, 0.25) is 0 Å². The Morgan fingerprint density at radius 3 is 2.83 bits per heavy atom. The average Bonchev–Trinajstić information content (AvgIpc) is 2.39. The number of nitrogen functional groups attached to an aromatic ring is 1. The van der Waals surface area contributed by atoms with Gasteiger partial charge in [0.25, 0.3) is 0 Å². The van der Waals surface area contributed by atoms with Crippen molar-refractivity contribution in [2.45, 2.75) is 26.8 Å². The number of hydrogen-bond acceptors (Lipinski definition) is 2. The molecule has 0 bridgehead atoms. The maximum atomic E-state index is 5.66. The highest BCUT2D eigenvalue weighted by atomic mass is 15.1. The Kier molecular flexibility index (Phi) is 1.43. The molecule has 1 unspecified atom stereocenters. The molecule has 12 heavy (non-hydrogen) atoms. The van der Waals surface area contributed by atoms with Crippen molar-refractivity contribution < 1.29 is 0 Å². The maximum absolute atomic E-state index is 5.66. The minimum absolute atomic E-state index is 0.525. The van der Waals surface area contributed by atoms with Gasteiger partial charge in [0.05, 0.1) is 0 Å². The number of nitrogens with two attached hydrogens (primary N) is 1. The Morgan fingerprint density at radius 1 is 1.75 bits per heavy atom. The fourth-order valence-electron chi connectivity index (χ4n) is 1.62. The van der Waals surface area contributed by atoms with Crippen LogP contribution < -0.4 is 5.73 Å². The minimum Gasteiger partial charge on any atom is -0.369 e. The van der Waals surface area contributed by atoms with E-state index in [1.54, 1.807) is 6.20 Å². The topological polar surface area (TPSA) is 43.8 Å². The zero-order valence-corrected chi connectivity index (χ0v) is 7.62. The predicted octanol–water partition coefficient (Wildman–Crippen LogP) is 1.51. The summed E-state index contributed by atoms with van der Waals surface area (Å²) in [4.78, 5) is 3.99. The van der Waals surface area contributed by atoms with Crippen LogP contribution in [0.15, 0.2) is 12.4 Å². The second-order valence-electron chi connectivity index (χ2n) is 4.33. The van der Waals surface area contributed by atoms with Crippen molar-refractivity contribution in [1.29, 1.82) is 0 Å².